The average Bonchev–Trinajstić information content (AvgIpc) is 2.81. The Morgan fingerprint density at radius 2 is 2.08 bits per heavy atom. The lowest BCUT2D eigenvalue weighted by Gasteiger charge is -2.19. The molecule has 0 unspecified atom stereocenters. The van der Waals surface area contributed by atoms with Gasteiger partial charge in [0.1, 0.15) is 5.56 Å². The first kappa shape index (κ1) is 19.7. The number of carbonyl (C=O) groups is 1. The molecule has 136 valence electrons. The molecule has 0 spiro atoms. The number of hydrogen-bond donors (Lipinski definition) is 1. The number of ketones is 1. The van der Waals surface area contributed by atoms with Crippen molar-refractivity contribution in [3.63, 3.8) is 0 Å². The molecule has 6 nitrogen and oxygen atoms in total. The maximum atomic E-state index is 12.9. The standard InChI is InChI=1S/C17H21Cl2N3O3/c1-10-14(17(24)22(3)20-10)16(23)11-5-6-13(18)12(15(11)19)9-21(2)7-8-25-4/h5-6,24H,7-9H2,1-4H3. The van der Waals surface area contributed by atoms with E-state index < -0.39 is 0 Å². The topological polar surface area (TPSA) is 67.6 Å². The summed E-state index contributed by atoms with van der Waals surface area (Å²) in [4.78, 5) is 14.9. The van der Waals surface area contributed by atoms with Gasteiger partial charge in [0.2, 0.25) is 11.7 Å². The van der Waals surface area contributed by atoms with Gasteiger partial charge >= 0.3 is 0 Å². The molecular formula is C17H21Cl2N3O3. The second-order valence-corrected chi connectivity index (χ2v) is 6.64. The van der Waals surface area contributed by atoms with Gasteiger partial charge in [-0.05, 0) is 26.1 Å². The minimum atomic E-state index is -0.384. The third-order valence-electron chi connectivity index (χ3n) is 3.95. The summed E-state index contributed by atoms with van der Waals surface area (Å²) in [5.41, 5.74) is 1.53. The zero-order chi connectivity index (χ0) is 18.7. The highest BCUT2D eigenvalue weighted by Gasteiger charge is 2.25. The van der Waals surface area contributed by atoms with Gasteiger partial charge < -0.3 is 9.84 Å². The molecule has 1 heterocycles. The van der Waals surface area contributed by atoms with Gasteiger partial charge in [-0.25, -0.2) is 4.68 Å². The molecule has 0 radical (unpaired) electrons. The molecule has 25 heavy (non-hydrogen) atoms. The Balaban J connectivity index is 2.39. The molecule has 0 saturated heterocycles. The number of hydrogen-bond acceptors (Lipinski definition) is 5. The fraction of sp³-hybridized carbons (Fsp3) is 0.412. The van der Waals surface area contributed by atoms with Crippen LogP contribution >= 0.6 is 23.2 Å². The third-order valence-corrected chi connectivity index (χ3v) is 4.74. The smallest absolute Gasteiger partial charge is 0.220 e. The highest BCUT2D eigenvalue weighted by molar-refractivity contribution is 6.39. The first-order valence-corrected chi connectivity index (χ1v) is 8.45. The zero-order valence-electron chi connectivity index (χ0n) is 14.6. The van der Waals surface area contributed by atoms with E-state index in [4.69, 9.17) is 27.9 Å². The predicted molar refractivity (Wildman–Crippen MR) is 97.7 cm³/mol. The first-order valence-electron chi connectivity index (χ1n) is 7.69. The Morgan fingerprint density at radius 1 is 1.40 bits per heavy atom. The number of ether oxygens (including phenoxy) is 1. The van der Waals surface area contributed by atoms with Crippen molar-refractivity contribution in [3.05, 3.63) is 44.6 Å². The van der Waals surface area contributed by atoms with Crippen LogP contribution in [0.2, 0.25) is 10.0 Å². The van der Waals surface area contributed by atoms with Gasteiger partial charge in [-0.15, -0.1) is 0 Å². The monoisotopic (exact) mass is 385 g/mol. The van der Waals surface area contributed by atoms with Crippen molar-refractivity contribution in [1.82, 2.24) is 14.7 Å². The lowest BCUT2D eigenvalue weighted by molar-refractivity contribution is 0.103. The highest BCUT2D eigenvalue weighted by atomic mass is 35.5. The number of rotatable bonds is 7. The summed E-state index contributed by atoms with van der Waals surface area (Å²) >= 11 is 12.8. The summed E-state index contributed by atoms with van der Waals surface area (Å²) in [6, 6.07) is 3.21. The van der Waals surface area contributed by atoms with E-state index >= 15 is 0 Å². The largest absolute Gasteiger partial charge is 0.493 e. The Hall–Kier alpha value is -1.60. The van der Waals surface area contributed by atoms with Gasteiger partial charge in [0.15, 0.2) is 0 Å². The van der Waals surface area contributed by atoms with Crippen LogP contribution in [0.3, 0.4) is 0 Å². The molecule has 0 saturated carbocycles. The van der Waals surface area contributed by atoms with Crippen LogP contribution < -0.4 is 0 Å². The summed E-state index contributed by atoms with van der Waals surface area (Å²) in [6.45, 7) is 3.41. The van der Waals surface area contributed by atoms with Crippen molar-refractivity contribution < 1.29 is 14.6 Å². The van der Waals surface area contributed by atoms with Gasteiger partial charge in [-0.1, -0.05) is 23.2 Å². The molecule has 1 N–H and O–H groups in total. The van der Waals surface area contributed by atoms with Crippen LogP contribution in [0.25, 0.3) is 0 Å². The normalized spacial score (nSPS) is 11.3. The van der Waals surface area contributed by atoms with Crippen LogP contribution in [-0.2, 0) is 18.3 Å². The zero-order valence-corrected chi connectivity index (χ0v) is 16.1. The van der Waals surface area contributed by atoms with E-state index in [1.165, 1.54) is 4.68 Å². The van der Waals surface area contributed by atoms with Gasteiger partial charge in [0.05, 0.1) is 17.3 Å². The fourth-order valence-corrected chi connectivity index (χ4v) is 3.14. The van der Waals surface area contributed by atoms with Crippen LogP contribution in [0.15, 0.2) is 12.1 Å². The van der Waals surface area contributed by atoms with E-state index in [1.807, 2.05) is 11.9 Å². The molecule has 1 aromatic carbocycles. The van der Waals surface area contributed by atoms with Gasteiger partial charge in [-0.3, -0.25) is 9.69 Å². The minimum Gasteiger partial charge on any atom is -0.493 e. The molecule has 8 heteroatoms. The molecule has 0 amide bonds. The van der Waals surface area contributed by atoms with Crippen LogP contribution in [0.4, 0.5) is 0 Å². The number of halogens is 2. The van der Waals surface area contributed by atoms with Gasteiger partial charge in [-0.2, -0.15) is 5.10 Å². The number of nitrogens with zero attached hydrogens (tertiary/aromatic N) is 3. The molecule has 0 atom stereocenters. The summed E-state index contributed by atoms with van der Waals surface area (Å²) in [5.74, 6) is -0.571. The molecule has 0 fully saturated rings. The van der Waals surface area contributed by atoms with Crippen LogP contribution in [0, 0.1) is 6.92 Å². The van der Waals surface area contributed by atoms with Crippen LogP contribution in [-0.4, -0.2) is 52.9 Å². The van der Waals surface area contributed by atoms with Crippen molar-refractivity contribution in [2.24, 2.45) is 7.05 Å². The number of aromatic nitrogens is 2. The quantitative estimate of drug-likeness (QED) is 0.741. The minimum absolute atomic E-state index is 0.144. The summed E-state index contributed by atoms with van der Waals surface area (Å²) < 4.78 is 6.32. The van der Waals surface area contributed by atoms with Crippen molar-refractivity contribution in [3.8, 4) is 5.88 Å². The second kappa shape index (κ2) is 8.19. The summed E-state index contributed by atoms with van der Waals surface area (Å²) in [5, 5.41) is 14.9. The number of methoxy groups -OCH3 is 1. The first-order chi connectivity index (χ1) is 11.8. The fourth-order valence-electron chi connectivity index (χ4n) is 2.56. The molecule has 0 aliphatic rings. The average molecular weight is 386 g/mol. The summed E-state index contributed by atoms with van der Waals surface area (Å²) in [6.07, 6.45) is 0. The van der Waals surface area contributed by atoms with Crippen LogP contribution in [0.5, 0.6) is 5.88 Å². The molecule has 0 aliphatic heterocycles. The Bertz CT molecular complexity index is 790. The predicted octanol–water partition coefficient (Wildman–Crippen LogP) is 3.05. The van der Waals surface area contributed by atoms with E-state index in [0.717, 1.165) is 0 Å². The van der Waals surface area contributed by atoms with E-state index in [9.17, 15) is 9.90 Å². The van der Waals surface area contributed by atoms with Crippen LogP contribution in [0.1, 0.15) is 27.2 Å². The Kier molecular flexibility index (Phi) is 6.46. The number of benzene rings is 1. The van der Waals surface area contributed by atoms with E-state index in [2.05, 4.69) is 5.10 Å². The summed E-state index contributed by atoms with van der Waals surface area (Å²) in [7, 11) is 5.12. The molecule has 2 rings (SSSR count). The Labute approximate surface area is 156 Å². The number of aryl methyl sites for hydroxylation is 2. The number of carbonyl (C=O) groups excluding carboxylic acids is 1. The highest BCUT2D eigenvalue weighted by Crippen LogP contribution is 2.32. The van der Waals surface area contributed by atoms with Crippen molar-refractivity contribution >= 4 is 29.0 Å². The second-order valence-electron chi connectivity index (χ2n) is 5.85. The van der Waals surface area contributed by atoms with E-state index in [0.29, 0.717) is 36.0 Å². The van der Waals surface area contributed by atoms with Crippen molar-refractivity contribution in [2.45, 2.75) is 13.5 Å². The number of aromatic hydroxyl groups is 1. The van der Waals surface area contributed by atoms with Gasteiger partial charge in [0, 0.05) is 43.4 Å². The maximum absolute atomic E-state index is 12.9. The number of likely N-dealkylation sites (N-methyl/N-ethyl adjacent to an activating group) is 1. The molecular weight excluding hydrogens is 365 g/mol. The van der Waals surface area contributed by atoms with Crippen molar-refractivity contribution in [2.75, 3.05) is 27.3 Å². The SMILES string of the molecule is COCCN(C)Cc1c(Cl)ccc(C(=O)c2c(C)nn(C)c2O)c1Cl. The molecule has 0 bridgehead atoms. The van der Waals surface area contributed by atoms with Crippen molar-refractivity contribution in [1.29, 1.82) is 0 Å². The maximum Gasteiger partial charge on any atom is 0.220 e. The Morgan fingerprint density at radius 3 is 2.64 bits per heavy atom. The lowest BCUT2D eigenvalue weighted by Crippen LogP contribution is -2.23. The molecule has 0 aliphatic carbocycles. The van der Waals surface area contributed by atoms with Gasteiger partial charge in [0.25, 0.3) is 0 Å². The van der Waals surface area contributed by atoms with E-state index in [1.54, 1.807) is 33.2 Å². The molecule has 2 aromatic rings. The lowest BCUT2D eigenvalue weighted by atomic mass is 10.0. The van der Waals surface area contributed by atoms with E-state index in [-0.39, 0.29) is 27.8 Å². The third kappa shape index (κ3) is 4.15. The molecule has 1 aromatic heterocycles.